The summed E-state index contributed by atoms with van der Waals surface area (Å²) in [5.41, 5.74) is -1.36. The highest BCUT2D eigenvalue weighted by Gasteiger charge is 2.48. The van der Waals surface area contributed by atoms with Gasteiger partial charge in [-0.1, -0.05) is 13.8 Å². The maximum Gasteiger partial charge on any atom is 0.510 e. The summed E-state index contributed by atoms with van der Waals surface area (Å²) in [5.74, 6) is -0.738. The third-order valence-corrected chi connectivity index (χ3v) is 5.11. The molecule has 0 aromatic rings. The van der Waals surface area contributed by atoms with Crippen LogP contribution in [0.15, 0.2) is 0 Å². The second-order valence-corrected chi connectivity index (χ2v) is 10.5. The predicted octanol–water partition coefficient (Wildman–Crippen LogP) is 4.15. The number of hydrogen-bond donors (Lipinski definition) is 0. The van der Waals surface area contributed by atoms with E-state index in [1.54, 1.807) is 48.5 Å². The minimum Gasteiger partial charge on any atom is -0.460 e. The molecule has 0 unspecified atom stereocenters. The summed E-state index contributed by atoms with van der Waals surface area (Å²) in [6, 6.07) is 0. The summed E-state index contributed by atoms with van der Waals surface area (Å²) in [7, 11) is -4.12. The Labute approximate surface area is 177 Å². The Bertz CT molecular complexity index is 665. The maximum absolute atomic E-state index is 12.7. The van der Waals surface area contributed by atoms with E-state index in [9.17, 15) is 18.9 Å². The molecule has 0 saturated carbocycles. The van der Waals surface area contributed by atoms with Crippen molar-refractivity contribution in [2.24, 2.45) is 5.41 Å². The molecule has 11 heteroatoms. The van der Waals surface area contributed by atoms with Gasteiger partial charge in [-0.3, -0.25) is 18.6 Å². The van der Waals surface area contributed by atoms with Crippen LogP contribution in [0.3, 0.4) is 0 Å². The minimum atomic E-state index is -4.12. The van der Waals surface area contributed by atoms with Crippen molar-refractivity contribution in [2.75, 3.05) is 13.4 Å². The second-order valence-electron chi connectivity index (χ2n) is 8.91. The van der Waals surface area contributed by atoms with E-state index in [1.165, 1.54) is 0 Å². The molecular weight excluding hydrogens is 419 g/mol. The van der Waals surface area contributed by atoms with Gasteiger partial charge in [0.1, 0.15) is 11.7 Å². The highest BCUT2D eigenvalue weighted by molar-refractivity contribution is 7.48. The number of phosphoric acid groups is 1. The van der Waals surface area contributed by atoms with E-state index in [2.05, 4.69) is 4.74 Å². The third-order valence-electron chi connectivity index (χ3n) is 3.78. The fourth-order valence-corrected chi connectivity index (χ4v) is 4.01. The first-order valence-corrected chi connectivity index (χ1v) is 11.2. The van der Waals surface area contributed by atoms with Crippen LogP contribution in [0, 0.1) is 5.41 Å². The molecular formula is C19H33O10P. The van der Waals surface area contributed by atoms with Gasteiger partial charge in [-0.2, -0.15) is 0 Å². The fourth-order valence-electron chi connectivity index (χ4n) is 2.48. The van der Waals surface area contributed by atoms with Crippen LogP contribution in [0.25, 0.3) is 0 Å². The van der Waals surface area contributed by atoms with Crippen LogP contribution in [0.2, 0.25) is 0 Å². The van der Waals surface area contributed by atoms with Crippen molar-refractivity contribution in [1.29, 1.82) is 0 Å². The van der Waals surface area contributed by atoms with E-state index in [-0.39, 0.29) is 37.8 Å². The molecule has 0 bridgehead atoms. The number of carbonyl (C=O) groups excluding carboxylic acids is 3. The number of carbonyl (C=O) groups is 3. The zero-order valence-electron chi connectivity index (χ0n) is 18.7. The predicted molar refractivity (Wildman–Crippen MR) is 106 cm³/mol. The Hall–Kier alpha value is -1.48. The van der Waals surface area contributed by atoms with Gasteiger partial charge in [0.25, 0.3) is 0 Å². The number of hydrogen-bond acceptors (Lipinski definition) is 10. The molecule has 1 fully saturated rings. The van der Waals surface area contributed by atoms with Crippen LogP contribution in [-0.4, -0.2) is 49.1 Å². The number of Topliss-reactive ketones (excluding diaryl/α,β-unsaturated/α-hetero) is 1. The van der Waals surface area contributed by atoms with Gasteiger partial charge in [-0.15, -0.1) is 0 Å². The van der Waals surface area contributed by atoms with Crippen molar-refractivity contribution >= 4 is 25.7 Å². The van der Waals surface area contributed by atoms with E-state index >= 15 is 0 Å². The third kappa shape index (κ3) is 9.55. The van der Waals surface area contributed by atoms with Gasteiger partial charge in [0.15, 0.2) is 5.78 Å². The Morgan fingerprint density at radius 3 is 2.37 bits per heavy atom. The fraction of sp³-hybridized carbons (Fsp3) is 0.842. The van der Waals surface area contributed by atoms with Gasteiger partial charge < -0.3 is 14.2 Å². The van der Waals surface area contributed by atoms with E-state index in [0.717, 1.165) is 0 Å². The van der Waals surface area contributed by atoms with Crippen molar-refractivity contribution < 1.29 is 46.7 Å². The van der Waals surface area contributed by atoms with Crippen LogP contribution in [0.4, 0.5) is 4.79 Å². The topological polar surface area (TPSA) is 124 Å². The van der Waals surface area contributed by atoms with E-state index < -0.39 is 43.9 Å². The van der Waals surface area contributed by atoms with Gasteiger partial charge in [-0.25, -0.2) is 13.9 Å². The van der Waals surface area contributed by atoms with Crippen molar-refractivity contribution in [2.45, 2.75) is 85.5 Å². The van der Waals surface area contributed by atoms with Crippen LogP contribution in [0.1, 0.15) is 67.7 Å². The highest BCUT2D eigenvalue weighted by Crippen LogP contribution is 2.57. The average Bonchev–Trinajstić information content (AvgIpc) is 2.55. The van der Waals surface area contributed by atoms with E-state index in [0.29, 0.717) is 0 Å². The molecule has 1 aliphatic heterocycles. The van der Waals surface area contributed by atoms with E-state index in [4.69, 9.17) is 23.0 Å². The molecule has 1 heterocycles. The molecule has 0 spiro atoms. The molecule has 0 amide bonds. The number of rotatable bonds is 9. The van der Waals surface area contributed by atoms with Crippen molar-refractivity contribution in [1.82, 2.24) is 0 Å². The quantitative estimate of drug-likeness (QED) is 0.286. The maximum atomic E-state index is 12.7. The number of phosphoric ester groups is 1. The average molecular weight is 452 g/mol. The van der Waals surface area contributed by atoms with Crippen molar-refractivity contribution in [3.63, 3.8) is 0 Å². The monoisotopic (exact) mass is 452 g/mol. The molecule has 0 aliphatic carbocycles. The lowest BCUT2D eigenvalue weighted by molar-refractivity contribution is -0.155. The zero-order valence-corrected chi connectivity index (χ0v) is 19.6. The first-order valence-electron chi connectivity index (χ1n) is 9.79. The summed E-state index contributed by atoms with van der Waals surface area (Å²) in [6.07, 6.45) is -2.09. The highest BCUT2D eigenvalue weighted by atomic mass is 31.2. The molecule has 0 radical (unpaired) electrons. The summed E-state index contributed by atoms with van der Waals surface area (Å²) < 4.78 is 42.8. The van der Waals surface area contributed by atoms with Crippen LogP contribution in [-0.2, 0) is 41.9 Å². The lowest BCUT2D eigenvalue weighted by atomic mass is 9.84. The van der Waals surface area contributed by atoms with Crippen LogP contribution >= 0.6 is 7.82 Å². The zero-order chi connectivity index (χ0) is 23.2. The first-order chi connectivity index (χ1) is 13.6. The lowest BCUT2D eigenvalue weighted by Gasteiger charge is -2.39. The number of esters is 1. The second kappa shape index (κ2) is 10.7. The largest absolute Gasteiger partial charge is 0.510 e. The summed E-state index contributed by atoms with van der Waals surface area (Å²) in [6.45, 7) is 11.2. The van der Waals surface area contributed by atoms with E-state index in [1.807, 2.05) is 0 Å². The Kier molecular flexibility index (Phi) is 9.48. The van der Waals surface area contributed by atoms with Gasteiger partial charge in [0.05, 0.1) is 12.7 Å². The van der Waals surface area contributed by atoms with Crippen LogP contribution in [0.5, 0.6) is 0 Å². The molecule has 2 atom stereocenters. The summed E-state index contributed by atoms with van der Waals surface area (Å²) >= 11 is 0. The molecule has 174 valence electrons. The SMILES string of the molecule is CC(C)OC(=O)OCO[P@@]1(=O)OCC(C)(C)[C@H](C(=O)CCCC(=O)OC(C)(C)C)O1. The molecule has 0 N–H and O–H groups in total. The summed E-state index contributed by atoms with van der Waals surface area (Å²) in [4.78, 5) is 35.8. The molecule has 30 heavy (non-hydrogen) atoms. The molecule has 1 saturated heterocycles. The normalized spacial score (nSPS) is 23.7. The van der Waals surface area contributed by atoms with Crippen molar-refractivity contribution in [3.05, 3.63) is 0 Å². The lowest BCUT2D eigenvalue weighted by Crippen LogP contribution is -2.44. The minimum absolute atomic E-state index is 0.0323. The van der Waals surface area contributed by atoms with Gasteiger partial charge in [0.2, 0.25) is 6.79 Å². The molecule has 0 aromatic carbocycles. The summed E-state index contributed by atoms with van der Waals surface area (Å²) in [5, 5.41) is 0. The number of ketones is 1. The Balaban J connectivity index is 2.58. The first kappa shape index (κ1) is 26.6. The van der Waals surface area contributed by atoms with Gasteiger partial charge in [-0.05, 0) is 41.0 Å². The van der Waals surface area contributed by atoms with Crippen LogP contribution < -0.4 is 0 Å². The molecule has 1 rings (SSSR count). The Morgan fingerprint density at radius 1 is 1.17 bits per heavy atom. The van der Waals surface area contributed by atoms with Gasteiger partial charge >= 0.3 is 19.9 Å². The molecule has 0 aromatic heterocycles. The molecule has 1 aliphatic rings. The standard InChI is InChI=1S/C19H33O10P/c1-13(2)27-17(22)24-12-26-30(23)25-11-19(6,7)16(29-30)14(20)9-8-10-15(21)28-18(3,4)5/h13,16H,8-12H2,1-7H3/t16-,30+/m0/s1. The smallest absolute Gasteiger partial charge is 0.460 e. The number of ether oxygens (including phenoxy) is 3. The van der Waals surface area contributed by atoms with Gasteiger partial charge in [0, 0.05) is 18.3 Å². The Morgan fingerprint density at radius 2 is 1.80 bits per heavy atom. The molecule has 10 nitrogen and oxygen atoms in total. The van der Waals surface area contributed by atoms with Crippen molar-refractivity contribution in [3.8, 4) is 0 Å².